The monoisotopic (exact) mass is 269 g/mol. The van der Waals surface area contributed by atoms with Gasteiger partial charge in [-0.2, -0.15) is 0 Å². The second kappa shape index (κ2) is 4.95. The van der Waals surface area contributed by atoms with E-state index in [0.717, 1.165) is 12.1 Å². The number of hydrogen-bond donors (Lipinski definition) is 2. The number of carbonyl (C=O) groups is 2. The van der Waals surface area contributed by atoms with Gasteiger partial charge in [-0.15, -0.1) is 0 Å². The second-order valence-corrected chi connectivity index (χ2v) is 4.65. The Hall–Kier alpha value is -1.98. The summed E-state index contributed by atoms with van der Waals surface area (Å²) in [5.74, 6) is -4.06. The van der Waals surface area contributed by atoms with Crippen molar-refractivity contribution in [2.45, 2.75) is 25.3 Å². The minimum absolute atomic E-state index is 0.0920. The Labute approximate surface area is 108 Å². The maximum absolute atomic E-state index is 13.5. The molecule has 0 saturated heterocycles. The van der Waals surface area contributed by atoms with Crippen LogP contribution in [0.25, 0.3) is 0 Å². The van der Waals surface area contributed by atoms with Gasteiger partial charge in [-0.3, -0.25) is 9.59 Å². The molecule has 1 aliphatic carbocycles. The van der Waals surface area contributed by atoms with Crippen molar-refractivity contribution in [1.29, 1.82) is 0 Å². The largest absolute Gasteiger partial charge is 0.480 e. The molecule has 0 bridgehead atoms. The van der Waals surface area contributed by atoms with Gasteiger partial charge in [0.25, 0.3) is 0 Å². The molecule has 0 aromatic heterocycles. The van der Waals surface area contributed by atoms with Crippen molar-refractivity contribution in [3.05, 3.63) is 35.4 Å². The number of carboxylic acid groups (broad SMARTS) is 1. The predicted octanol–water partition coefficient (Wildman–Crippen LogP) is 1.66. The van der Waals surface area contributed by atoms with Crippen molar-refractivity contribution < 1.29 is 23.5 Å². The Morgan fingerprint density at radius 1 is 1.37 bits per heavy atom. The van der Waals surface area contributed by atoms with Gasteiger partial charge in [-0.25, -0.2) is 8.78 Å². The molecule has 1 aromatic rings. The number of carboxylic acids is 1. The molecule has 19 heavy (non-hydrogen) atoms. The first-order chi connectivity index (χ1) is 8.91. The summed E-state index contributed by atoms with van der Waals surface area (Å²) >= 11 is 0. The Morgan fingerprint density at radius 3 is 2.47 bits per heavy atom. The van der Waals surface area contributed by atoms with E-state index in [1.165, 1.54) is 13.0 Å². The zero-order valence-corrected chi connectivity index (χ0v) is 10.2. The molecule has 1 aliphatic rings. The van der Waals surface area contributed by atoms with Crippen molar-refractivity contribution in [2.75, 3.05) is 0 Å². The molecule has 2 N–H and O–H groups in total. The molecule has 2 rings (SSSR count). The van der Waals surface area contributed by atoms with E-state index in [9.17, 15) is 18.4 Å². The molecular weight excluding hydrogens is 256 g/mol. The van der Waals surface area contributed by atoms with Crippen LogP contribution < -0.4 is 5.32 Å². The summed E-state index contributed by atoms with van der Waals surface area (Å²) in [6.07, 6.45) is 0.329. The Balaban J connectivity index is 2.05. The van der Waals surface area contributed by atoms with Crippen LogP contribution in [0.15, 0.2) is 18.2 Å². The van der Waals surface area contributed by atoms with E-state index in [0.29, 0.717) is 6.42 Å². The van der Waals surface area contributed by atoms with E-state index in [4.69, 9.17) is 5.11 Å². The van der Waals surface area contributed by atoms with Gasteiger partial charge in [0, 0.05) is 17.4 Å². The molecule has 3 atom stereocenters. The van der Waals surface area contributed by atoms with Gasteiger partial charge in [0.1, 0.15) is 17.7 Å². The lowest BCUT2D eigenvalue weighted by molar-refractivity contribution is -0.141. The van der Waals surface area contributed by atoms with Gasteiger partial charge in [-0.05, 0) is 25.5 Å². The van der Waals surface area contributed by atoms with Crippen molar-refractivity contribution in [2.24, 2.45) is 5.92 Å². The van der Waals surface area contributed by atoms with E-state index in [2.05, 4.69) is 5.32 Å². The molecule has 1 amide bonds. The highest BCUT2D eigenvalue weighted by Crippen LogP contribution is 2.49. The van der Waals surface area contributed by atoms with Crippen molar-refractivity contribution in [1.82, 2.24) is 5.32 Å². The van der Waals surface area contributed by atoms with Crippen molar-refractivity contribution >= 4 is 11.9 Å². The maximum Gasteiger partial charge on any atom is 0.325 e. The smallest absolute Gasteiger partial charge is 0.325 e. The second-order valence-electron chi connectivity index (χ2n) is 4.65. The Bertz CT molecular complexity index is 512. The molecule has 102 valence electrons. The minimum atomic E-state index is -1.15. The Morgan fingerprint density at radius 2 is 1.95 bits per heavy atom. The average molecular weight is 269 g/mol. The molecule has 1 saturated carbocycles. The summed E-state index contributed by atoms with van der Waals surface area (Å²) < 4.78 is 27.0. The van der Waals surface area contributed by atoms with E-state index < -0.39 is 41.4 Å². The first kappa shape index (κ1) is 13.5. The van der Waals surface area contributed by atoms with Gasteiger partial charge in [0.05, 0.1) is 0 Å². The summed E-state index contributed by atoms with van der Waals surface area (Å²) in [6, 6.07) is 2.54. The molecule has 3 unspecified atom stereocenters. The van der Waals surface area contributed by atoms with E-state index in [1.807, 2.05) is 0 Å². The molecule has 0 heterocycles. The lowest BCUT2D eigenvalue weighted by atomic mass is 10.1. The Kier molecular flexibility index (Phi) is 3.50. The summed E-state index contributed by atoms with van der Waals surface area (Å²) in [4.78, 5) is 22.3. The number of amides is 1. The third-order valence-corrected chi connectivity index (χ3v) is 3.23. The molecule has 0 aliphatic heterocycles. The fraction of sp³-hybridized carbons (Fsp3) is 0.385. The molecule has 4 nitrogen and oxygen atoms in total. The fourth-order valence-electron chi connectivity index (χ4n) is 2.05. The molecular formula is C13H13F2NO3. The summed E-state index contributed by atoms with van der Waals surface area (Å²) in [7, 11) is 0. The number of rotatable bonds is 4. The SMILES string of the molecule is CC(NC(=O)C1CC1c1c(F)cccc1F)C(=O)O. The zero-order chi connectivity index (χ0) is 14.2. The minimum Gasteiger partial charge on any atom is -0.480 e. The summed E-state index contributed by atoms with van der Waals surface area (Å²) in [6.45, 7) is 1.33. The van der Waals surface area contributed by atoms with Crippen LogP contribution in [0.4, 0.5) is 8.78 Å². The van der Waals surface area contributed by atoms with Gasteiger partial charge >= 0.3 is 5.97 Å². The first-order valence-electron chi connectivity index (χ1n) is 5.89. The average Bonchev–Trinajstić information content (AvgIpc) is 3.08. The first-order valence-corrected chi connectivity index (χ1v) is 5.89. The third kappa shape index (κ3) is 2.72. The van der Waals surface area contributed by atoms with Crippen LogP contribution in [-0.4, -0.2) is 23.0 Å². The highest BCUT2D eigenvalue weighted by atomic mass is 19.1. The number of halogens is 2. The van der Waals surface area contributed by atoms with Crippen LogP contribution in [0.5, 0.6) is 0 Å². The van der Waals surface area contributed by atoms with Crippen LogP contribution in [0, 0.1) is 17.6 Å². The standard InChI is InChI=1S/C13H13F2NO3/c1-6(13(18)19)16-12(17)8-5-7(8)11-9(14)3-2-4-10(11)15/h2-4,6-8H,5H2,1H3,(H,16,17)(H,18,19). The predicted molar refractivity (Wildman–Crippen MR) is 62.4 cm³/mol. The molecule has 1 fully saturated rings. The van der Waals surface area contributed by atoms with Gasteiger partial charge in [-0.1, -0.05) is 6.07 Å². The molecule has 0 spiro atoms. The third-order valence-electron chi connectivity index (χ3n) is 3.23. The summed E-state index contributed by atoms with van der Waals surface area (Å²) in [5, 5.41) is 11.0. The van der Waals surface area contributed by atoms with Crippen LogP contribution in [0.3, 0.4) is 0 Å². The van der Waals surface area contributed by atoms with Crippen LogP contribution in [0.1, 0.15) is 24.8 Å². The number of benzene rings is 1. The van der Waals surface area contributed by atoms with E-state index >= 15 is 0 Å². The number of nitrogens with one attached hydrogen (secondary N) is 1. The van der Waals surface area contributed by atoms with Crippen LogP contribution in [0.2, 0.25) is 0 Å². The van der Waals surface area contributed by atoms with Crippen molar-refractivity contribution in [3.63, 3.8) is 0 Å². The molecule has 1 aromatic carbocycles. The quantitative estimate of drug-likeness (QED) is 0.873. The van der Waals surface area contributed by atoms with E-state index in [1.54, 1.807) is 0 Å². The molecule has 0 radical (unpaired) electrons. The van der Waals surface area contributed by atoms with Crippen LogP contribution in [-0.2, 0) is 9.59 Å². The summed E-state index contributed by atoms with van der Waals surface area (Å²) in [5.41, 5.74) is -0.0920. The lowest BCUT2D eigenvalue weighted by Crippen LogP contribution is -2.39. The van der Waals surface area contributed by atoms with Gasteiger partial charge in [0.2, 0.25) is 5.91 Å². The number of carbonyl (C=O) groups excluding carboxylic acids is 1. The zero-order valence-electron chi connectivity index (χ0n) is 10.2. The van der Waals surface area contributed by atoms with Gasteiger partial charge < -0.3 is 10.4 Å². The highest BCUT2D eigenvalue weighted by molar-refractivity contribution is 5.87. The molecule has 6 heteroatoms. The number of aliphatic carboxylic acids is 1. The lowest BCUT2D eigenvalue weighted by Gasteiger charge is -2.09. The maximum atomic E-state index is 13.5. The van der Waals surface area contributed by atoms with Crippen LogP contribution >= 0.6 is 0 Å². The number of hydrogen-bond acceptors (Lipinski definition) is 2. The normalized spacial score (nSPS) is 22.7. The van der Waals surface area contributed by atoms with E-state index in [-0.39, 0.29) is 5.56 Å². The highest BCUT2D eigenvalue weighted by Gasteiger charge is 2.47. The topological polar surface area (TPSA) is 66.4 Å². The van der Waals surface area contributed by atoms with Gasteiger partial charge in [0.15, 0.2) is 0 Å². The fourth-order valence-corrected chi connectivity index (χ4v) is 2.05. The van der Waals surface area contributed by atoms with Crippen molar-refractivity contribution in [3.8, 4) is 0 Å².